The first-order valence-electron chi connectivity index (χ1n) is 6.65. The van der Waals surface area contributed by atoms with Crippen LogP contribution in [0.15, 0.2) is 0 Å². The van der Waals surface area contributed by atoms with Crippen molar-refractivity contribution in [1.29, 1.82) is 0 Å². The number of hydrogen-bond acceptors (Lipinski definition) is 9. The number of methoxy groups -OCH3 is 1. The molecule has 9 heteroatoms. The molecule has 1 rings (SSSR count). The van der Waals surface area contributed by atoms with Crippen LogP contribution in [0.5, 0.6) is 0 Å². The van der Waals surface area contributed by atoms with Crippen molar-refractivity contribution in [3.8, 4) is 0 Å². The van der Waals surface area contributed by atoms with Gasteiger partial charge in [-0.25, -0.2) is 0 Å². The van der Waals surface area contributed by atoms with E-state index in [0.29, 0.717) is 0 Å². The lowest BCUT2D eigenvalue weighted by Crippen LogP contribution is -2.61. The minimum atomic E-state index is -1.58. The van der Waals surface area contributed by atoms with Crippen LogP contribution >= 0.6 is 0 Å². The van der Waals surface area contributed by atoms with Crippen molar-refractivity contribution in [3.05, 3.63) is 0 Å². The van der Waals surface area contributed by atoms with Gasteiger partial charge in [-0.1, -0.05) is 0 Å². The van der Waals surface area contributed by atoms with E-state index < -0.39 is 62.2 Å². The highest BCUT2D eigenvalue weighted by Crippen LogP contribution is 2.24. The molecule has 1 saturated heterocycles. The number of aliphatic hydroxyl groups excluding tert-OH is 6. The fourth-order valence-corrected chi connectivity index (χ4v) is 2.16. The van der Waals surface area contributed by atoms with Crippen molar-refractivity contribution in [3.63, 3.8) is 0 Å². The lowest BCUT2D eigenvalue weighted by molar-refractivity contribution is -0.324. The minimum absolute atomic E-state index is 0.441. The molecular weight excluding hydrogens is 288 g/mol. The second-order valence-electron chi connectivity index (χ2n) is 5.00. The van der Waals surface area contributed by atoms with Crippen LogP contribution in [0.2, 0.25) is 0 Å². The van der Waals surface area contributed by atoms with E-state index >= 15 is 0 Å². The van der Waals surface area contributed by atoms with Crippen LogP contribution < -0.4 is 0 Å². The Balaban J connectivity index is 2.82. The van der Waals surface area contributed by atoms with Gasteiger partial charge in [0.2, 0.25) is 0 Å². The first-order valence-corrected chi connectivity index (χ1v) is 6.65. The number of hydrogen-bond donors (Lipinski definition) is 6. The smallest absolute Gasteiger partial charge is 0.187 e. The summed E-state index contributed by atoms with van der Waals surface area (Å²) in [7, 11) is 1.31. The fraction of sp³-hybridized carbons (Fsp3) is 1.00. The lowest BCUT2D eigenvalue weighted by atomic mass is 9.99. The molecule has 0 amide bonds. The quantitative estimate of drug-likeness (QED) is 0.282. The third kappa shape index (κ3) is 4.31. The van der Waals surface area contributed by atoms with Crippen molar-refractivity contribution in [2.75, 3.05) is 20.3 Å². The van der Waals surface area contributed by atoms with E-state index in [1.54, 1.807) is 0 Å². The van der Waals surface area contributed by atoms with E-state index in [2.05, 4.69) is 0 Å². The molecule has 0 bridgehead atoms. The molecule has 8 atom stereocenters. The summed E-state index contributed by atoms with van der Waals surface area (Å²) in [6, 6.07) is 0. The van der Waals surface area contributed by atoms with Crippen LogP contribution in [-0.4, -0.2) is 100.0 Å². The van der Waals surface area contributed by atoms with Gasteiger partial charge in [0.25, 0.3) is 0 Å². The Morgan fingerprint density at radius 1 is 1.10 bits per heavy atom. The highest BCUT2D eigenvalue weighted by molar-refractivity contribution is 4.90. The normalized spacial score (nSPS) is 38.0. The van der Waals surface area contributed by atoms with E-state index in [1.807, 2.05) is 0 Å². The van der Waals surface area contributed by atoms with E-state index in [-0.39, 0.29) is 0 Å². The van der Waals surface area contributed by atoms with E-state index in [4.69, 9.17) is 19.3 Å². The van der Waals surface area contributed by atoms with Crippen molar-refractivity contribution >= 4 is 0 Å². The molecule has 0 aromatic rings. The molecule has 21 heavy (non-hydrogen) atoms. The van der Waals surface area contributed by atoms with Gasteiger partial charge in [0.15, 0.2) is 6.29 Å². The Kier molecular flexibility index (Phi) is 7.40. The summed E-state index contributed by atoms with van der Waals surface area (Å²) in [5, 5.41) is 57.1. The molecule has 0 saturated carbocycles. The molecule has 6 N–H and O–H groups in total. The monoisotopic (exact) mass is 312 g/mol. The lowest BCUT2D eigenvalue weighted by Gasteiger charge is -2.42. The van der Waals surface area contributed by atoms with Gasteiger partial charge in [0.05, 0.1) is 19.3 Å². The van der Waals surface area contributed by atoms with Gasteiger partial charge >= 0.3 is 0 Å². The molecule has 7 unspecified atom stereocenters. The van der Waals surface area contributed by atoms with Gasteiger partial charge in [-0.05, 0) is 6.92 Å². The topological polar surface area (TPSA) is 149 Å². The predicted octanol–water partition coefficient (Wildman–Crippen LogP) is -3.44. The van der Waals surface area contributed by atoms with Gasteiger partial charge < -0.3 is 44.8 Å². The average Bonchev–Trinajstić information content (AvgIpc) is 2.47. The van der Waals surface area contributed by atoms with E-state index in [1.165, 1.54) is 14.0 Å². The number of ether oxygens (including phenoxy) is 3. The first kappa shape index (κ1) is 18.7. The first-order chi connectivity index (χ1) is 9.87. The maximum Gasteiger partial charge on any atom is 0.187 e. The van der Waals surface area contributed by atoms with Gasteiger partial charge in [0.1, 0.15) is 36.6 Å². The molecule has 0 spiro atoms. The molecule has 0 aromatic heterocycles. The second-order valence-corrected chi connectivity index (χ2v) is 5.00. The summed E-state index contributed by atoms with van der Waals surface area (Å²) >= 11 is 0. The Hall–Kier alpha value is -0.360. The Morgan fingerprint density at radius 2 is 1.71 bits per heavy atom. The van der Waals surface area contributed by atoms with Gasteiger partial charge in [-0.2, -0.15) is 0 Å². The highest BCUT2D eigenvalue weighted by atomic mass is 16.7. The molecule has 1 fully saturated rings. The van der Waals surface area contributed by atoms with Crippen LogP contribution in [0.3, 0.4) is 0 Å². The van der Waals surface area contributed by atoms with Gasteiger partial charge in [-0.15, -0.1) is 0 Å². The molecule has 126 valence electrons. The second kappa shape index (κ2) is 8.32. The largest absolute Gasteiger partial charge is 0.394 e. The summed E-state index contributed by atoms with van der Waals surface area (Å²) in [5.74, 6) is 0. The van der Waals surface area contributed by atoms with Crippen molar-refractivity contribution in [2.24, 2.45) is 0 Å². The molecule has 1 aliphatic heterocycles. The van der Waals surface area contributed by atoms with Crippen LogP contribution in [-0.2, 0) is 14.2 Å². The van der Waals surface area contributed by atoms with Crippen molar-refractivity contribution in [2.45, 2.75) is 55.9 Å². The summed E-state index contributed by atoms with van der Waals surface area (Å²) in [6.07, 6.45) is -10.1. The molecule has 0 aromatic carbocycles. The Bertz CT molecular complexity index is 294. The maximum atomic E-state index is 9.85. The van der Waals surface area contributed by atoms with Crippen molar-refractivity contribution < 1.29 is 44.8 Å². The van der Waals surface area contributed by atoms with Crippen LogP contribution in [0, 0.1) is 0 Å². The predicted molar refractivity (Wildman–Crippen MR) is 68.2 cm³/mol. The Morgan fingerprint density at radius 3 is 2.14 bits per heavy atom. The van der Waals surface area contributed by atoms with Crippen LogP contribution in [0.4, 0.5) is 0 Å². The van der Waals surface area contributed by atoms with Gasteiger partial charge in [0, 0.05) is 7.11 Å². The summed E-state index contributed by atoms with van der Waals surface area (Å²) < 4.78 is 15.5. The molecule has 9 nitrogen and oxygen atoms in total. The zero-order valence-electron chi connectivity index (χ0n) is 11.9. The molecule has 1 aliphatic rings. The van der Waals surface area contributed by atoms with Crippen molar-refractivity contribution in [1.82, 2.24) is 0 Å². The zero-order valence-corrected chi connectivity index (χ0v) is 11.9. The molecule has 0 aliphatic carbocycles. The third-order valence-electron chi connectivity index (χ3n) is 3.46. The summed E-state index contributed by atoms with van der Waals surface area (Å²) in [4.78, 5) is 0. The number of rotatable bonds is 7. The summed E-state index contributed by atoms with van der Waals surface area (Å²) in [6.45, 7) is 0.373. The Labute approximate surface area is 122 Å². The molecular formula is C12H24O9. The molecule has 1 heterocycles. The van der Waals surface area contributed by atoms with E-state index in [0.717, 1.165) is 0 Å². The SMILES string of the molecule is COC(CO)C(OC1OC(CO)C(O)C(O)C1O)[C@H](C)O. The average molecular weight is 312 g/mol. The van der Waals surface area contributed by atoms with Crippen LogP contribution in [0.1, 0.15) is 6.92 Å². The van der Waals surface area contributed by atoms with Gasteiger partial charge in [-0.3, -0.25) is 0 Å². The highest BCUT2D eigenvalue weighted by Gasteiger charge is 2.45. The maximum absolute atomic E-state index is 9.85. The summed E-state index contributed by atoms with van der Waals surface area (Å²) in [5.41, 5.74) is 0. The van der Waals surface area contributed by atoms with Crippen LogP contribution in [0.25, 0.3) is 0 Å². The molecule has 0 radical (unpaired) electrons. The fourth-order valence-electron chi connectivity index (χ4n) is 2.16. The number of aliphatic hydroxyl groups is 6. The standard InChI is InChI=1S/C12H24O9/c1-5(15)11(7(4-14)19-2)21-12-10(18)9(17)8(16)6(3-13)20-12/h5-18H,3-4H2,1-2H3/t5-,6?,7?,8?,9?,10?,11?,12?/m0/s1. The minimum Gasteiger partial charge on any atom is -0.394 e. The third-order valence-corrected chi connectivity index (χ3v) is 3.46. The zero-order chi connectivity index (χ0) is 16.2. The van der Waals surface area contributed by atoms with E-state index in [9.17, 15) is 25.5 Å².